The molecule has 2 heteroatoms. The first-order chi connectivity index (χ1) is 9.91. The van der Waals surface area contributed by atoms with Gasteiger partial charge in [0.2, 0.25) is 0 Å². The highest BCUT2D eigenvalue weighted by Crippen LogP contribution is 2.25. The van der Waals surface area contributed by atoms with Crippen molar-refractivity contribution in [2.45, 2.75) is 71.4 Å². The SMILES string of the molecule is Cc1ccc(CC(N)C(C)(C)N2CCCCCC2)cc1C. The second kappa shape index (κ2) is 6.93. The molecular weight excluding hydrogens is 256 g/mol. The van der Waals surface area contributed by atoms with E-state index in [1.807, 2.05) is 0 Å². The molecule has 1 aliphatic rings. The van der Waals surface area contributed by atoms with Crippen molar-refractivity contribution in [2.75, 3.05) is 13.1 Å². The van der Waals surface area contributed by atoms with Gasteiger partial charge in [0.05, 0.1) is 0 Å². The zero-order valence-corrected chi connectivity index (χ0v) is 14.3. The molecule has 0 bridgehead atoms. The minimum atomic E-state index is 0.0726. The van der Waals surface area contributed by atoms with E-state index in [-0.39, 0.29) is 11.6 Å². The predicted octanol–water partition coefficient (Wildman–Crippen LogP) is 3.83. The summed E-state index contributed by atoms with van der Waals surface area (Å²) in [5.41, 5.74) is 10.8. The lowest BCUT2D eigenvalue weighted by Crippen LogP contribution is -2.57. The number of nitrogens with two attached hydrogens (primary N) is 1. The third-order valence-corrected chi connectivity index (χ3v) is 5.36. The summed E-state index contributed by atoms with van der Waals surface area (Å²) < 4.78 is 0. The van der Waals surface area contributed by atoms with E-state index in [0.29, 0.717) is 0 Å². The van der Waals surface area contributed by atoms with E-state index in [0.717, 1.165) is 6.42 Å². The lowest BCUT2D eigenvalue weighted by molar-refractivity contribution is 0.0979. The molecule has 0 amide bonds. The van der Waals surface area contributed by atoms with Crippen molar-refractivity contribution in [3.05, 3.63) is 34.9 Å². The van der Waals surface area contributed by atoms with Crippen LogP contribution in [0.2, 0.25) is 0 Å². The summed E-state index contributed by atoms with van der Waals surface area (Å²) in [6, 6.07) is 6.93. The van der Waals surface area contributed by atoms with Crippen molar-refractivity contribution >= 4 is 0 Å². The maximum Gasteiger partial charge on any atom is 0.0307 e. The van der Waals surface area contributed by atoms with Gasteiger partial charge in [0.25, 0.3) is 0 Å². The predicted molar refractivity (Wildman–Crippen MR) is 91.7 cm³/mol. The maximum absolute atomic E-state index is 6.61. The molecule has 1 unspecified atom stereocenters. The van der Waals surface area contributed by atoms with Gasteiger partial charge in [0.15, 0.2) is 0 Å². The largest absolute Gasteiger partial charge is 0.326 e. The first-order valence-electron chi connectivity index (χ1n) is 8.48. The van der Waals surface area contributed by atoms with Crippen molar-refractivity contribution in [3.8, 4) is 0 Å². The molecule has 0 spiro atoms. The molecule has 1 fully saturated rings. The number of hydrogen-bond acceptors (Lipinski definition) is 2. The standard InChI is InChI=1S/C19H32N2/c1-15-9-10-17(13-16(15)2)14-18(20)19(3,4)21-11-7-5-6-8-12-21/h9-10,13,18H,5-8,11-12,14,20H2,1-4H3. The van der Waals surface area contributed by atoms with Crippen LogP contribution in [0.25, 0.3) is 0 Å². The van der Waals surface area contributed by atoms with Gasteiger partial charge in [0, 0.05) is 11.6 Å². The highest BCUT2D eigenvalue weighted by molar-refractivity contribution is 5.30. The van der Waals surface area contributed by atoms with Gasteiger partial charge >= 0.3 is 0 Å². The zero-order valence-electron chi connectivity index (χ0n) is 14.3. The van der Waals surface area contributed by atoms with E-state index >= 15 is 0 Å². The van der Waals surface area contributed by atoms with Crippen LogP contribution in [0.15, 0.2) is 18.2 Å². The number of benzene rings is 1. The summed E-state index contributed by atoms with van der Waals surface area (Å²) in [5.74, 6) is 0. The van der Waals surface area contributed by atoms with Crippen molar-refractivity contribution in [3.63, 3.8) is 0 Å². The van der Waals surface area contributed by atoms with E-state index in [1.54, 1.807) is 0 Å². The smallest absolute Gasteiger partial charge is 0.0307 e. The number of hydrogen-bond donors (Lipinski definition) is 1. The summed E-state index contributed by atoms with van der Waals surface area (Å²) in [6.07, 6.45) is 6.35. The molecule has 0 aliphatic carbocycles. The van der Waals surface area contributed by atoms with Crippen molar-refractivity contribution in [1.82, 2.24) is 4.90 Å². The van der Waals surface area contributed by atoms with Crippen molar-refractivity contribution in [1.29, 1.82) is 0 Å². The van der Waals surface area contributed by atoms with Crippen LogP contribution in [0, 0.1) is 13.8 Å². The molecular formula is C19H32N2. The van der Waals surface area contributed by atoms with Crippen LogP contribution < -0.4 is 5.73 Å². The Morgan fingerprint density at radius 3 is 2.24 bits per heavy atom. The summed E-state index contributed by atoms with van der Waals surface area (Å²) >= 11 is 0. The lowest BCUT2D eigenvalue weighted by atomic mass is 9.87. The Morgan fingerprint density at radius 2 is 1.67 bits per heavy atom. The summed E-state index contributed by atoms with van der Waals surface area (Å²) in [5, 5.41) is 0. The Kier molecular flexibility index (Phi) is 5.45. The van der Waals surface area contributed by atoms with Gasteiger partial charge < -0.3 is 5.73 Å². The van der Waals surface area contributed by atoms with E-state index in [9.17, 15) is 0 Å². The molecule has 118 valence electrons. The fourth-order valence-corrected chi connectivity index (χ4v) is 3.32. The van der Waals surface area contributed by atoms with Crippen molar-refractivity contribution < 1.29 is 0 Å². The van der Waals surface area contributed by atoms with Crippen LogP contribution in [0.3, 0.4) is 0 Å². The highest BCUT2D eigenvalue weighted by atomic mass is 15.2. The second-order valence-electron chi connectivity index (χ2n) is 7.28. The van der Waals surface area contributed by atoms with Gasteiger partial charge in [-0.1, -0.05) is 31.0 Å². The third kappa shape index (κ3) is 4.08. The summed E-state index contributed by atoms with van der Waals surface area (Å²) in [7, 11) is 0. The van der Waals surface area contributed by atoms with Crippen LogP contribution in [0.4, 0.5) is 0 Å². The Hall–Kier alpha value is -0.860. The number of nitrogens with zero attached hydrogens (tertiary/aromatic N) is 1. The summed E-state index contributed by atoms with van der Waals surface area (Å²) in [4.78, 5) is 2.62. The van der Waals surface area contributed by atoms with Crippen molar-refractivity contribution in [2.24, 2.45) is 5.73 Å². The normalized spacial score (nSPS) is 19.3. The summed E-state index contributed by atoms with van der Waals surface area (Å²) in [6.45, 7) is 11.4. The third-order valence-electron chi connectivity index (χ3n) is 5.36. The van der Waals surface area contributed by atoms with Crippen LogP contribution in [-0.4, -0.2) is 29.6 Å². The molecule has 1 aromatic rings. The Morgan fingerprint density at radius 1 is 1.05 bits per heavy atom. The van der Waals surface area contributed by atoms with Gasteiger partial charge in [-0.2, -0.15) is 0 Å². The lowest BCUT2D eigenvalue weighted by Gasteiger charge is -2.42. The van der Waals surface area contributed by atoms with Crippen LogP contribution in [-0.2, 0) is 6.42 Å². The quantitative estimate of drug-likeness (QED) is 0.912. The van der Waals surface area contributed by atoms with Gasteiger partial charge in [-0.25, -0.2) is 0 Å². The highest BCUT2D eigenvalue weighted by Gasteiger charge is 2.33. The van der Waals surface area contributed by atoms with E-state index < -0.39 is 0 Å². The van der Waals surface area contributed by atoms with Crippen LogP contribution in [0.1, 0.15) is 56.2 Å². The van der Waals surface area contributed by atoms with E-state index in [4.69, 9.17) is 5.73 Å². The monoisotopic (exact) mass is 288 g/mol. The molecule has 0 saturated carbocycles. The topological polar surface area (TPSA) is 29.3 Å². The fourth-order valence-electron chi connectivity index (χ4n) is 3.32. The van der Waals surface area contributed by atoms with Gasteiger partial charge in [-0.15, -0.1) is 0 Å². The Bertz CT molecular complexity index is 457. The Balaban J connectivity index is 2.05. The maximum atomic E-state index is 6.61. The molecule has 1 heterocycles. The molecule has 2 rings (SSSR count). The fraction of sp³-hybridized carbons (Fsp3) is 0.684. The van der Waals surface area contributed by atoms with Gasteiger partial charge in [0.1, 0.15) is 0 Å². The molecule has 1 aromatic carbocycles. The minimum Gasteiger partial charge on any atom is -0.326 e. The molecule has 0 aromatic heterocycles. The average Bonchev–Trinajstić information content (AvgIpc) is 2.72. The molecule has 2 nitrogen and oxygen atoms in total. The van der Waals surface area contributed by atoms with Crippen LogP contribution in [0.5, 0.6) is 0 Å². The average molecular weight is 288 g/mol. The number of aryl methyl sites for hydroxylation is 2. The van der Waals surface area contributed by atoms with E-state index in [2.05, 4.69) is 50.8 Å². The second-order valence-corrected chi connectivity index (χ2v) is 7.28. The molecule has 1 saturated heterocycles. The molecule has 21 heavy (non-hydrogen) atoms. The Labute approximate surface area is 130 Å². The number of rotatable bonds is 4. The van der Waals surface area contributed by atoms with Gasteiger partial charge in [-0.3, -0.25) is 4.90 Å². The van der Waals surface area contributed by atoms with Crippen LogP contribution >= 0.6 is 0 Å². The zero-order chi connectivity index (χ0) is 15.5. The molecule has 2 N–H and O–H groups in total. The van der Waals surface area contributed by atoms with E-state index in [1.165, 1.54) is 55.5 Å². The molecule has 1 aliphatic heterocycles. The molecule has 1 atom stereocenters. The molecule has 0 radical (unpaired) electrons. The minimum absolute atomic E-state index is 0.0726. The van der Waals surface area contributed by atoms with Gasteiger partial charge in [-0.05, 0) is 76.7 Å². The first kappa shape index (κ1) is 16.5. The number of likely N-dealkylation sites (tertiary alicyclic amines) is 1. The first-order valence-corrected chi connectivity index (χ1v) is 8.48.